The second kappa shape index (κ2) is 7.73. The maximum Gasteiger partial charge on any atom is 0.355 e. The summed E-state index contributed by atoms with van der Waals surface area (Å²) >= 11 is 0. The average Bonchev–Trinajstić information content (AvgIpc) is 3.00. The lowest BCUT2D eigenvalue weighted by molar-refractivity contribution is -0.134. The quantitative estimate of drug-likeness (QED) is 0.345. The predicted molar refractivity (Wildman–Crippen MR) is 151 cm³/mol. The van der Waals surface area contributed by atoms with Crippen molar-refractivity contribution in [3.63, 3.8) is 0 Å². The van der Waals surface area contributed by atoms with Crippen LogP contribution >= 0.6 is 0 Å². The van der Waals surface area contributed by atoms with Gasteiger partial charge in [0.25, 0.3) is 0 Å². The van der Waals surface area contributed by atoms with E-state index in [4.69, 9.17) is 9.47 Å². The van der Waals surface area contributed by atoms with Crippen molar-refractivity contribution in [2.75, 3.05) is 14.2 Å². The first-order valence-corrected chi connectivity index (χ1v) is 13.1. The summed E-state index contributed by atoms with van der Waals surface area (Å²) in [7, 11) is 2.70. The minimum atomic E-state index is -1.31. The second-order valence-electron chi connectivity index (χ2n) is 10.3. The molecule has 2 spiro atoms. The van der Waals surface area contributed by atoms with E-state index in [-0.39, 0.29) is 11.4 Å². The Hall–Kier alpha value is -5.10. The maximum atomic E-state index is 13.9. The molecule has 4 bridgehead atoms. The van der Waals surface area contributed by atoms with Crippen molar-refractivity contribution in [3.8, 4) is 0 Å². The highest BCUT2D eigenvalue weighted by atomic mass is 16.5. The van der Waals surface area contributed by atoms with Crippen LogP contribution in [0.15, 0.2) is 107 Å². The van der Waals surface area contributed by atoms with Gasteiger partial charge in [-0.15, -0.1) is 10.2 Å². The van der Waals surface area contributed by atoms with Crippen molar-refractivity contribution in [3.05, 3.63) is 142 Å². The molecule has 0 amide bonds. The number of hydrogen-bond donors (Lipinski definition) is 0. The summed E-state index contributed by atoms with van der Waals surface area (Å²) in [6.07, 6.45) is 0. The highest BCUT2D eigenvalue weighted by Gasteiger charge is 2.71. The molecule has 0 fully saturated rings. The molecule has 1 aliphatic heterocycles. The zero-order valence-electron chi connectivity index (χ0n) is 21.8. The number of hydrogen-bond acceptors (Lipinski definition) is 6. The summed E-state index contributed by atoms with van der Waals surface area (Å²) in [5.41, 5.74) is 7.17. The van der Waals surface area contributed by atoms with Crippen molar-refractivity contribution in [1.29, 1.82) is 0 Å². The third kappa shape index (κ3) is 2.29. The second-order valence-corrected chi connectivity index (χ2v) is 10.3. The number of methoxy groups -OCH3 is 2. The van der Waals surface area contributed by atoms with Crippen LogP contribution in [0.4, 0.5) is 0 Å². The number of carbonyl (C=O) groups excluding carboxylic acids is 2. The molecule has 6 aliphatic carbocycles. The van der Waals surface area contributed by atoms with Crippen molar-refractivity contribution >= 4 is 34.5 Å². The Morgan fingerprint density at radius 3 is 1.05 bits per heavy atom. The fraction of sp³-hybridized carbons (Fsp3) is 0.118. The Labute approximate surface area is 230 Å². The Kier molecular flexibility index (Phi) is 4.41. The first-order chi connectivity index (χ1) is 19.6. The summed E-state index contributed by atoms with van der Waals surface area (Å²) in [5.74, 6) is -1.21. The fourth-order valence-electron chi connectivity index (χ4n) is 7.74. The molecule has 0 unspecified atom stereocenters. The summed E-state index contributed by atoms with van der Waals surface area (Å²) in [5, 5.41) is 9.08. The lowest BCUT2D eigenvalue weighted by atomic mass is 9.40. The van der Waals surface area contributed by atoms with Crippen molar-refractivity contribution in [1.82, 2.24) is 0 Å². The van der Waals surface area contributed by atoms with E-state index >= 15 is 0 Å². The van der Waals surface area contributed by atoms with Gasteiger partial charge in [-0.2, -0.15) is 0 Å². The number of ether oxygens (including phenoxy) is 2. The summed E-state index contributed by atoms with van der Waals surface area (Å²) < 4.78 is 10.8. The van der Waals surface area contributed by atoms with Crippen LogP contribution in [0.25, 0.3) is 11.1 Å². The monoisotopic (exact) mass is 522 g/mol. The normalized spacial score (nSPS) is 22.4. The van der Waals surface area contributed by atoms with Crippen molar-refractivity contribution in [2.24, 2.45) is 10.2 Å². The van der Waals surface area contributed by atoms with Crippen LogP contribution in [-0.4, -0.2) is 37.6 Å². The van der Waals surface area contributed by atoms with Crippen LogP contribution in [0.1, 0.15) is 44.5 Å². The van der Waals surface area contributed by atoms with E-state index < -0.39 is 22.8 Å². The molecule has 11 rings (SSSR count). The Morgan fingerprint density at radius 2 is 0.775 bits per heavy atom. The van der Waals surface area contributed by atoms with Gasteiger partial charge in [-0.1, -0.05) is 97.1 Å². The van der Waals surface area contributed by atoms with Crippen LogP contribution in [0.2, 0.25) is 0 Å². The highest BCUT2D eigenvalue weighted by molar-refractivity contribution is 6.50. The Morgan fingerprint density at radius 1 is 0.500 bits per heavy atom. The molecule has 4 aromatic carbocycles. The molecular weight excluding hydrogens is 500 g/mol. The lowest BCUT2D eigenvalue weighted by Crippen LogP contribution is -2.67. The molecule has 1 heterocycles. The van der Waals surface area contributed by atoms with E-state index in [0.717, 1.165) is 55.7 Å². The Bertz CT molecular complexity index is 1690. The van der Waals surface area contributed by atoms with Crippen LogP contribution in [-0.2, 0) is 29.9 Å². The van der Waals surface area contributed by atoms with E-state index in [1.807, 2.05) is 72.8 Å². The molecule has 7 aliphatic rings. The number of rotatable bonds is 2. The van der Waals surface area contributed by atoms with Gasteiger partial charge < -0.3 is 9.47 Å². The predicted octanol–water partition coefficient (Wildman–Crippen LogP) is 5.06. The van der Waals surface area contributed by atoms with Gasteiger partial charge >= 0.3 is 11.9 Å². The van der Waals surface area contributed by atoms with Gasteiger partial charge in [0.05, 0.1) is 25.0 Å². The fourth-order valence-corrected chi connectivity index (χ4v) is 7.74. The van der Waals surface area contributed by atoms with Crippen molar-refractivity contribution < 1.29 is 19.1 Å². The zero-order valence-corrected chi connectivity index (χ0v) is 21.8. The molecule has 6 nitrogen and oxygen atoms in total. The molecule has 0 saturated heterocycles. The van der Waals surface area contributed by atoms with E-state index in [1.54, 1.807) is 0 Å². The minimum absolute atomic E-state index is 0.122. The van der Waals surface area contributed by atoms with Gasteiger partial charge in [-0.25, -0.2) is 9.59 Å². The zero-order chi connectivity index (χ0) is 27.2. The van der Waals surface area contributed by atoms with Gasteiger partial charge in [0.2, 0.25) is 0 Å². The first-order valence-electron chi connectivity index (χ1n) is 13.1. The molecule has 0 saturated carbocycles. The minimum Gasteiger partial charge on any atom is -0.464 e. The summed E-state index contributed by atoms with van der Waals surface area (Å²) in [6.45, 7) is 0. The number of benzene rings is 4. The van der Waals surface area contributed by atoms with Gasteiger partial charge in [-0.05, 0) is 55.7 Å². The molecular formula is C34H22N2O4. The largest absolute Gasteiger partial charge is 0.464 e. The van der Waals surface area contributed by atoms with Gasteiger partial charge in [-0.3, -0.25) is 0 Å². The van der Waals surface area contributed by atoms with Gasteiger partial charge in [0.15, 0.2) is 11.4 Å². The Balaban J connectivity index is 1.78. The summed E-state index contributed by atoms with van der Waals surface area (Å²) in [6, 6.07) is 32.4. The van der Waals surface area contributed by atoms with Crippen molar-refractivity contribution in [2.45, 2.75) is 10.8 Å². The van der Waals surface area contributed by atoms with E-state index in [1.165, 1.54) is 14.2 Å². The smallest absolute Gasteiger partial charge is 0.355 e. The molecule has 0 aromatic heterocycles. The SMILES string of the molecule is COC(=O)C1=NN=C(C(=O)OC)C23c4ccccc4C(=C4c5ccccc5C12c1ccccc14)c1ccccc13. The van der Waals surface area contributed by atoms with Gasteiger partial charge in [0, 0.05) is 0 Å². The number of carbonyl (C=O) groups is 2. The van der Waals surface area contributed by atoms with E-state index in [0.29, 0.717) is 0 Å². The topological polar surface area (TPSA) is 77.3 Å². The van der Waals surface area contributed by atoms with E-state index in [2.05, 4.69) is 34.5 Å². The van der Waals surface area contributed by atoms with Crippen LogP contribution in [0.3, 0.4) is 0 Å². The van der Waals surface area contributed by atoms with Crippen LogP contribution in [0.5, 0.6) is 0 Å². The van der Waals surface area contributed by atoms with Crippen LogP contribution < -0.4 is 0 Å². The number of nitrogens with zero attached hydrogens (tertiary/aromatic N) is 2. The third-order valence-corrected chi connectivity index (χ3v) is 8.93. The van der Waals surface area contributed by atoms with Crippen LogP contribution in [0, 0.1) is 0 Å². The lowest BCUT2D eigenvalue weighted by Gasteiger charge is -2.59. The third-order valence-electron chi connectivity index (χ3n) is 8.93. The average molecular weight is 523 g/mol. The standard InChI is InChI=1S/C34H22N2O4/c1-39-31(37)29-33-23-15-7-3-11-19(23)27(20-12-4-8-16-24(20)33)28-21-13-5-9-17-25(21)34(33,26-18-10-6-14-22(26)28)30(36-35-29)32(38)40-2/h3-18H,1-2H3. The molecule has 192 valence electrons. The molecule has 40 heavy (non-hydrogen) atoms. The highest BCUT2D eigenvalue weighted by Crippen LogP contribution is 2.68. The first kappa shape index (κ1) is 22.8. The van der Waals surface area contributed by atoms with Gasteiger partial charge in [0.1, 0.15) is 0 Å². The molecule has 0 atom stereocenters. The number of esters is 2. The van der Waals surface area contributed by atoms with E-state index in [9.17, 15) is 9.59 Å². The molecule has 4 aromatic rings. The molecule has 0 N–H and O–H groups in total. The summed E-state index contributed by atoms with van der Waals surface area (Å²) in [4.78, 5) is 27.8. The molecule has 0 radical (unpaired) electrons. The molecule has 6 heteroatoms. The maximum absolute atomic E-state index is 13.9.